The van der Waals surface area contributed by atoms with Crippen LogP contribution in [0.5, 0.6) is 0 Å². The summed E-state index contributed by atoms with van der Waals surface area (Å²) in [5.74, 6) is -1.55. The van der Waals surface area contributed by atoms with Crippen molar-refractivity contribution in [1.29, 1.82) is 0 Å². The molecule has 3 saturated heterocycles. The molecule has 0 radical (unpaired) electrons. The minimum atomic E-state index is -0.807. The zero-order valence-electron chi connectivity index (χ0n) is 22.5. The average Bonchev–Trinajstić information content (AvgIpc) is 3.51. The maximum absolute atomic E-state index is 14.3. The number of hydrogen-bond acceptors (Lipinski definition) is 5. The van der Waals surface area contributed by atoms with E-state index in [1.54, 1.807) is 40.9 Å². The first-order chi connectivity index (χ1) is 18.7. The van der Waals surface area contributed by atoms with Crippen LogP contribution in [0, 0.1) is 23.7 Å². The molecule has 5 rings (SSSR count). The van der Waals surface area contributed by atoms with Crippen LogP contribution in [0.15, 0.2) is 54.6 Å². The van der Waals surface area contributed by atoms with Crippen molar-refractivity contribution in [2.75, 3.05) is 11.9 Å². The van der Waals surface area contributed by atoms with Gasteiger partial charge in [0.2, 0.25) is 17.7 Å². The van der Waals surface area contributed by atoms with Crippen molar-refractivity contribution in [3.63, 3.8) is 0 Å². The molecule has 3 fully saturated rings. The van der Waals surface area contributed by atoms with Gasteiger partial charge in [-0.3, -0.25) is 14.4 Å². The first kappa shape index (κ1) is 28.0. The number of amides is 3. The predicted molar refractivity (Wildman–Crippen MR) is 154 cm³/mol. The van der Waals surface area contributed by atoms with Gasteiger partial charge in [0.05, 0.1) is 29.2 Å². The summed E-state index contributed by atoms with van der Waals surface area (Å²) in [4.78, 5) is 43.7. The Morgan fingerprint density at radius 1 is 1.13 bits per heavy atom. The largest absolute Gasteiger partial charge is 0.394 e. The second kappa shape index (κ2) is 11.1. The molecule has 2 bridgehead atoms. The van der Waals surface area contributed by atoms with Crippen LogP contribution in [0.1, 0.15) is 39.2 Å². The maximum atomic E-state index is 14.3. The Bertz CT molecular complexity index is 1230. The molecule has 7 nitrogen and oxygen atoms in total. The number of thioether (sulfide) groups is 1. The summed E-state index contributed by atoms with van der Waals surface area (Å²) in [6.45, 7) is 6.30. The smallest absolute Gasteiger partial charge is 0.248 e. The third kappa shape index (κ3) is 4.96. The molecule has 3 N–H and O–H groups in total. The fourth-order valence-corrected chi connectivity index (χ4v) is 9.45. The van der Waals surface area contributed by atoms with Crippen molar-refractivity contribution in [2.24, 2.45) is 23.7 Å². The summed E-state index contributed by atoms with van der Waals surface area (Å²) < 4.78 is -0.753. The van der Waals surface area contributed by atoms with Gasteiger partial charge >= 0.3 is 0 Å². The molecule has 1 spiro atoms. The second-order valence-corrected chi connectivity index (χ2v) is 13.4. The SMILES string of the molecule is CC(C)C[C@H](CO)N1C(=O)[C@@H]2[C@H](C(=O)NCc3ccccc3)[C@@H]3CC(C)C2(S3)C1C(=O)Nc1ccc(Cl)cc1. The number of aliphatic hydroxyl groups is 1. The van der Waals surface area contributed by atoms with Crippen LogP contribution in [-0.4, -0.2) is 56.4 Å². The number of nitrogens with one attached hydrogen (secondary N) is 2. The molecule has 3 aliphatic heterocycles. The van der Waals surface area contributed by atoms with Gasteiger partial charge in [0.15, 0.2) is 0 Å². The number of likely N-dealkylation sites (tertiary alicyclic amines) is 1. The fourth-order valence-electron chi connectivity index (χ4n) is 6.92. The zero-order chi connectivity index (χ0) is 27.9. The van der Waals surface area contributed by atoms with Gasteiger partial charge in [-0.2, -0.15) is 0 Å². The summed E-state index contributed by atoms with van der Waals surface area (Å²) in [7, 11) is 0. The Kier molecular flexibility index (Phi) is 8.00. The molecule has 39 heavy (non-hydrogen) atoms. The fraction of sp³-hybridized carbons (Fsp3) is 0.500. The Balaban J connectivity index is 1.50. The van der Waals surface area contributed by atoms with Crippen LogP contribution in [0.4, 0.5) is 5.69 Å². The minimum Gasteiger partial charge on any atom is -0.394 e. The molecule has 0 aromatic heterocycles. The first-order valence-corrected chi connectivity index (χ1v) is 14.9. The summed E-state index contributed by atoms with van der Waals surface area (Å²) in [6, 6.07) is 15.2. The summed E-state index contributed by atoms with van der Waals surface area (Å²) in [5.41, 5.74) is 1.57. The minimum absolute atomic E-state index is 0.0454. The molecule has 9 heteroatoms. The molecule has 3 amide bonds. The van der Waals surface area contributed by atoms with E-state index in [-0.39, 0.29) is 41.4 Å². The highest BCUT2D eigenvalue weighted by molar-refractivity contribution is 8.02. The van der Waals surface area contributed by atoms with E-state index in [2.05, 4.69) is 17.6 Å². The van der Waals surface area contributed by atoms with Crippen LogP contribution >= 0.6 is 23.4 Å². The highest BCUT2D eigenvalue weighted by Crippen LogP contribution is 2.68. The lowest BCUT2D eigenvalue weighted by Gasteiger charge is -2.40. The van der Waals surface area contributed by atoms with E-state index in [4.69, 9.17) is 11.6 Å². The number of benzene rings is 2. The number of carbonyl (C=O) groups excluding carboxylic acids is 3. The normalized spacial score (nSPS) is 29.9. The number of hydrogen-bond donors (Lipinski definition) is 3. The van der Waals surface area contributed by atoms with Crippen molar-refractivity contribution in [3.05, 3.63) is 65.2 Å². The lowest BCUT2D eigenvalue weighted by atomic mass is 9.66. The predicted octanol–water partition coefficient (Wildman–Crippen LogP) is 4.34. The van der Waals surface area contributed by atoms with Gasteiger partial charge in [0.1, 0.15) is 6.04 Å². The molecule has 0 aliphatic carbocycles. The van der Waals surface area contributed by atoms with Crippen LogP contribution in [-0.2, 0) is 20.9 Å². The van der Waals surface area contributed by atoms with E-state index in [1.165, 1.54) is 0 Å². The molecule has 3 unspecified atom stereocenters. The highest BCUT2D eigenvalue weighted by atomic mass is 35.5. The van der Waals surface area contributed by atoms with Gasteiger partial charge in [0.25, 0.3) is 0 Å². The van der Waals surface area contributed by atoms with Crippen molar-refractivity contribution < 1.29 is 19.5 Å². The molecule has 2 aromatic rings. The average molecular weight is 570 g/mol. The van der Waals surface area contributed by atoms with Crippen molar-refractivity contribution in [1.82, 2.24) is 10.2 Å². The lowest BCUT2D eigenvalue weighted by Crippen LogP contribution is -2.57. The summed E-state index contributed by atoms with van der Waals surface area (Å²) >= 11 is 7.68. The quantitative estimate of drug-likeness (QED) is 0.417. The molecule has 3 heterocycles. The number of carbonyl (C=O) groups is 3. The van der Waals surface area contributed by atoms with Crippen molar-refractivity contribution in [2.45, 2.75) is 62.2 Å². The number of halogens is 1. The van der Waals surface area contributed by atoms with E-state index in [9.17, 15) is 19.5 Å². The second-order valence-electron chi connectivity index (χ2n) is 11.5. The standard InChI is InChI=1S/C30H36ClN3O4S/c1-17(2)13-22(16-35)34-26(28(37)33-21-11-9-20(31)10-12-21)30-18(3)14-23(39-30)24(25(30)29(34)38)27(36)32-15-19-7-5-4-6-8-19/h4-12,17-18,22-26,35H,13-16H2,1-3H3,(H,32,36)(H,33,37)/t18?,22-,23+,24-,25+,26?,30?/m1/s1. The molecule has 2 aromatic carbocycles. The topological polar surface area (TPSA) is 98.7 Å². The third-order valence-electron chi connectivity index (χ3n) is 8.50. The number of anilines is 1. The molecule has 208 valence electrons. The Morgan fingerprint density at radius 3 is 2.46 bits per heavy atom. The van der Waals surface area contributed by atoms with Crippen LogP contribution in [0.2, 0.25) is 5.02 Å². The van der Waals surface area contributed by atoms with E-state index in [0.717, 1.165) is 12.0 Å². The van der Waals surface area contributed by atoms with E-state index in [0.29, 0.717) is 23.7 Å². The lowest BCUT2D eigenvalue weighted by molar-refractivity contribution is -0.142. The zero-order valence-corrected chi connectivity index (χ0v) is 24.0. The number of rotatable bonds is 9. The van der Waals surface area contributed by atoms with E-state index in [1.807, 2.05) is 44.2 Å². The number of aliphatic hydroxyl groups excluding tert-OH is 1. The van der Waals surface area contributed by atoms with Crippen LogP contribution in [0.3, 0.4) is 0 Å². The third-order valence-corrected chi connectivity index (χ3v) is 10.8. The Labute approximate surface area is 239 Å². The van der Waals surface area contributed by atoms with Gasteiger partial charge in [-0.05, 0) is 54.5 Å². The number of fused-ring (bicyclic) bond motifs is 1. The van der Waals surface area contributed by atoms with Crippen LogP contribution in [0.25, 0.3) is 0 Å². The Hall–Kier alpha value is -2.55. The summed E-state index contributed by atoms with van der Waals surface area (Å²) in [5, 5.41) is 17.0. The van der Waals surface area contributed by atoms with Gasteiger partial charge in [0, 0.05) is 22.5 Å². The van der Waals surface area contributed by atoms with Crippen LogP contribution < -0.4 is 10.6 Å². The number of nitrogens with zero attached hydrogens (tertiary/aromatic N) is 1. The first-order valence-electron chi connectivity index (χ1n) is 13.7. The van der Waals surface area contributed by atoms with E-state index < -0.39 is 28.7 Å². The highest BCUT2D eigenvalue weighted by Gasteiger charge is 2.76. The maximum Gasteiger partial charge on any atom is 0.248 e. The molecule has 0 saturated carbocycles. The van der Waals surface area contributed by atoms with Gasteiger partial charge in [-0.15, -0.1) is 11.8 Å². The van der Waals surface area contributed by atoms with Gasteiger partial charge in [-0.1, -0.05) is 62.7 Å². The monoisotopic (exact) mass is 569 g/mol. The molecule has 3 aliphatic rings. The molecular weight excluding hydrogens is 534 g/mol. The van der Waals surface area contributed by atoms with Gasteiger partial charge in [-0.25, -0.2) is 0 Å². The Morgan fingerprint density at radius 2 is 1.82 bits per heavy atom. The summed E-state index contributed by atoms with van der Waals surface area (Å²) in [6.07, 6.45) is 1.31. The molecule has 7 atom stereocenters. The molecular formula is C30H36ClN3O4S. The van der Waals surface area contributed by atoms with Gasteiger partial charge < -0.3 is 20.6 Å². The van der Waals surface area contributed by atoms with E-state index >= 15 is 0 Å². The van der Waals surface area contributed by atoms with Crippen molar-refractivity contribution in [3.8, 4) is 0 Å². The van der Waals surface area contributed by atoms with Crippen molar-refractivity contribution >= 4 is 46.8 Å².